The van der Waals surface area contributed by atoms with Crippen LogP contribution in [0.5, 0.6) is 11.5 Å². The van der Waals surface area contributed by atoms with Crippen LogP contribution in [-0.2, 0) is 17.9 Å². The van der Waals surface area contributed by atoms with E-state index in [1.807, 2.05) is 0 Å². The third-order valence-corrected chi connectivity index (χ3v) is 3.75. The molecule has 0 spiro atoms. The van der Waals surface area contributed by atoms with Gasteiger partial charge in [0.2, 0.25) is 0 Å². The van der Waals surface area contributed by atoms with Gasteiger partial charge in [-0.15, -0.1) is 0 Å². The van der Waals surface area contributed by atoms with Gasteiger partial charge in [0.15, 0.2) is 6.79 Å². The van der Waals surface area contributed by atoms with Crippen molar-refractivity contribution in [2.75, 3.05) is 13.9 Å². The third kappa shape index (κ3) is 3.69. The highest BCUT2D eigenvalue weighted by Crippen LogP contribution is 2.32. The standard InChI is InChI=1S/C17H16N2O6/c1-23-15-4-2-3-11(7-15)17(20)18-8-12-5-14(19(21)22)6-13-9-24-10-25-16(12)13/h2-7H,8-10H2,1H3,(H,18,20). The fraction of sp³-hybridized carbons (Fsp3) is 0.235. The first-order chi connectivity index (χ1) is 12.1. The summed E-state index contributed by atoms with van der Waals surface area (Å²) in [7, 11) is 1.52. The Morgan fingerprint density at radius 1 is 1.36 bits per heavy atom. The maximum atomic E-state index is 12.3. The zero-order valence-electron chi connectivity index (χ0n) is 13.5. The number of hydrogen-bond donors (Lipinski definition) is 1. The van der Waals surface area contributed by atoms with Gasteiger partial charge in [-0.3, -0.25) is 14.9 Å². The number of nitro benzene ring substituents is 1. The van der Waals surface area contributed by atoms with Gasteiger partial charge in [0.25, 0.3) is 11.6 Å². The SMILES string of the molecule is COc1cccc(C(=O)NCc2cc([N+](=O)[O-])cc3c2OCOC3)c1. The molecule has 0 saturated heterocycles. The average Bonchev–Trinajstić information content (AvgIpc) is 2.65. The van der Waals surface area contributed by atoms with Crippen LogP contribution >= 0.6 is 0 Å². The summed E-state index contributed by atoms with van der Waals surface area (Å²) in [5.74, 6) is 0.773. The van der Waals surface area contributed by atoms with Gasteiger partial charge in [0.05, 0.1) is 18.6 Å². The number of carbonyl (C=O) groups is 1. The normalized spacial score (nSPS) is 12.7. The minimum absolute atomic E-state index is 0.0709. The number of amides is 1. The molecule has 0 saturated carbocycles. The van der Waals surface area contributed by atoms with Crippen molar-refractivity contribution in [3.05, 3.63) is 63.2 Å². The fourth-order valence-electron chi connectivity index (χ4n) is 2.56. The number of benzene rings is 2. The highest BCUT2D eigenvalue weighted by atomic mass is 16.7. The second-order valence-corrected chi connectivity index (χ2v) is 5.38. The summed E-state index contributed by atoms with van der Waals surface area (Å²) >= 11 is 0. The molecule has 1 aliphatic rings. The summed E-state index contributed by atoms with van der Waals surface area (Å²) in [6.45, 7) is 0.398. The van der Waals surface area contributed by atoms with Crippen molar-refractivity contribution >= 4 is 11.6 Å². The lowest BCUT2D eigenvalue weighted by Crippen LogP contribution is -2.24. The van der Waals surface area contributed by atoms with Crippen LogP contribution < -0.4 is 14.8 Å². The second kappa shape index (κ2) is 7.18. The molecular formula is C17H16N2O6. The number of carbonyl (C=O) groups excluding carboxylic acids is 1. The van der Waals surface area contributed by atoms with Crippen molar-refractivity contribution in [3.8, 4) is 11.5 Å². The molecule has 130 valence electrons. The Labute approximate surface area is 143 Å². The molecule has 0 unspecified atom stereocenters. The van der Waals surface area contributed by atoms with E-state index in [2.05, 4.69) is 5.32 Å². The maximum Gasteiger partial charge on any atom is 0.270 e. The highest BCUT2D eigenvalue weighted by Gasteiger charge is 2.21. The zero-order valence-corrected chi connectivity index (χ0v) is 13.5. The molecule has 0 aromatic heterocycles. The number of methoxy groups -OCH3 is 1. The lowest BCUT2D eigenvalue weighted by Gasteiger charge is -2.20. The number of nitrogens with one attached hydrogen (secondary N) is 1. The van der Waals surface area contributed by atoms with Gasteiger partial charge in [-0.05, 0) is 18.2 Å². The quantitative estimate of drug-likeness (QED) is 0.660. The van der Waals surface area contributed by atoms with Crippen molar-refractivity contribution in [1.29, 1.82) is 0 Å². The van der Waals surface area contributed by atoms with Crippen LogP contribution in [0, 0.1) is 10.1 Å². The fourth-order valence-corrected chi connectivity index (χ4v) is 2.56. The van der Waals surface area contributed by atoms with E-state index in [1.165, 1.54) is 19.2 Å². The summed E-state index contributed by atoms with van der Waals surface area (Å²) in [6.07, 6.45) is 0. The number of rotatable bonds is 5. The Kier molecular flexibility index (Phi) is 4.80. The van der Waals surface area contributed by atoms with E-state index >= 15 is 0 Å². The van der Waals surface area contributed by atoms with Crippen LogP contribution in [0.3, 0.4) is 0 Å². The van der Waals surface area contributed by atoms with Crippen LogP contribution in [-0.4, -0.2) is 24.7 Å². The molecule has 1 N–H and O–H groups in total. The molecule has 1 aliphatic heterocycles. The first-order valence-corrected chi connectivity index (χ1v) is 7.51. The van der Waals surface area contributed by atoms with Crippen molar-refractivity contribution in [3.63, 3.8) is 0 Å². The number of nitrogens with zero attached hydrogens (tertiary/aromatic N) is 1. The van der Waals surface area contributed by atoms with Gasteiger partial charge in [-0.25, -0.2) is 0 Å². The van der Waals surface area contributed by atoms with E-state index in [0.29, 0.717) is 28.2 Å². The van der Waals surface area contributed by atoms with E-state index in [0.717, 1.165) is 0 Å². The van der Waals surface area contributed by atoms with E-state index in [9.17, 15) is 14.9 Å². The van der Waals surface area contributed by atoms with Gasteiger partial charge in [0.1, 0.15) is 11.5 Å². The van der Waals surface area contributed by atoms with Crippen LogP contribution in [0.1, 0.15) is 21.5 Å². The molecule has 0 radical (unpaired) electrons. The Bertz CT molecular complexity index is 821. The Hall–Kier alpha value is -3.13. The second-order valence-electron chi connectivity index (χ2n) is 5.38. The van der Waals surface area contributed by atoms with Gasteiger partial charge in [0, 0.05) is 35.4 Å². The van der Waals surface area contributed by atoms with Gasteiger partial charge in [-0.1, -0.05) is 6.07 Å². The topological polar surface area (TPSA) is 99.9 Å². The monoisotopic (exact) mass is 344 g/mol. The molecule has 0 bridgehead atoms. The summed E-state index contributed by atoms with van der Waals surface area (Å²) in [5, 5.41) is 13.8. The molecule has 0 atom stereocenters. The summed E-state index contributed by atoms with van der Waals surface area (Å²) in [6, 6.07) is 9.54. The van der Waals surface area contributed by atoms with E-state index in [4.69, 9.17) is 14.2 Å². The zero-order chi connectivity index (χ0) is 17.8. The number of hydrogen-bond acceptors (Lipinski definition) is 6. The van der Waals surface area contributed by atoms with Crippen molar-refractivity contribution < 1.29 is 23.9 Å². The minimum Gasteiger partial charge on any atom is -0.497 e. The molecule has 8 heteroatoms. The van der Waals surface area contributed by atoms with Crippen LogP contribution in [0.4, 0.5) is 5.69 Å². The van der Waals surface area contributed by atoms with Gasteiger partial charge >= 0.3 is 0 Å². The van der Waals surface area contributed by atoms with E-state index in [1.54, 1.807) is 24.3 Å². The summed E-state index contributed by atoms with van der Waals surface area (Å²) < 4.78 is 15.7. The summed E-state index contributed by atoms with van der Waals surface area (Å²) in [5.41, 5.74) is 1.48. The predicted molar refractivity (Wildman–Crippen MR) is 87.5 cm³/mol. The lowest BCUT2D eigenvalue weighted by atomic mass is 10.1. The Morgan fingerprint density at radius 3 is 2.96 bits per heavy atom. The van der Waals surface area contributed by atoms with Gasteiger partial charge < -0.3 is 19.5 Å². The Morgan fingerprint density at radius 2 is 2.20 bits per heavy atom. The highest BCUT2D eigenvalue weighted by molar-refractivity contribution is 5.94. The minimum atomic E-state index is -0.484. The largest absolute Gasteiger partial charge is 0.497 e. The molecule has 0 fully saturated rings. The first kappa shape index (κ1) is 16.7. The molecular weight excluding hydrogens is 328 g/mol. The lowest BCUT2D eigenvalue weighted by molar-refractivity contribution is -0.385. The molecule has 2 aromatic carbocycles. The van der Waals surface area contributed by atoms with Crippen LogP contribution in [0.25, 0.3) is 0 Å². The molecule has 1 heterocycles. The molecule has 0 aliphatic carbocycles. The number of nitro groups is 1. The molecule has 25 heavy (non-hydrogen) atoms. The number of non-ortho nitro benzene ring substituents is 1. The number of fused-ring (bicyclic) bond motifs is 1. The molecule has 3 rings (SSSR count). The first-order valence-electron chi connectivity index (χ1n) is 7.51. The molecule has 1 amide bonds. The van der Waals surface area contributed by atoms with Crippen molar-refractivity contribution in [1.82, 2.24) is 5.32 Å². The van der Waals surface area contributed by atoms with Gasteiger partial charge in [-0.2, -0.15) is 0 Å². The van der Waals surface area contributed by atoms with E-state index in [-0.39, 0.29) is 31.5 Å². The molecule has 2 aromatic rings. The smallest absolute Gasteiger partial charge is 0.270 e. The van der Waals surface area contributed by atoms with Crippen molar-refractivity contribution in [2.45, 2.75) is 13.2 Å². The average molecular weight is 344 g/mol. The summed E-state index contributed by atoms with van der Waals surface area (Å²) in [4.78, 5) is 22.9. The third-order valence-electron chi connectivity index (χ3n) is 3.75. The predicted octanol–water partition coefficient (Wildman–Crippen LogP) is 2.40. The van der Waals surface area contributed by atoms with Crippen molar-refractivity contribution in [2.24, 2.45) is 0 Å². The van der Waals surface area contributed by atoms with E-state index < -0.39 is 4.92 Å². The molecule has 8 nitrogen and oxygen atoms in total. The maximum absolute atomic E-state index is 12.3. The number of ether oxygens (including phenoxy) is 3. The Balaban J connectivity index is 1.81. The van der Waals surface area contributed by atoms with Crippen LogP contribution in [0.2, 0.25) is 0 Å². The van der Waals surface area contributed by atoms with Crippen LogP contribution in [0.15, 0.2) is 36.4 Å².